The summed E-state index contributed by atoms with van der Waals surface area (Å²) in [5.41, 5.74) is 1.21. The van der Waals surface area contributed by atoms with Crippen molar-refractivity contribution in [3.8, 4) is 0 Å². The highest BCUT2D eigenvalue weighted by atomic mass is 79.9. The Morgan fingerprint density at radius 2 is 2.07 bits per heavy atom. The Morgan fingerprint density at radius 1 is 1.33 bits per heavy atom. The minimum absolute atomic E-state index is 0.850. The molecule has 0 bridgehead atoms. The van der Waals surface area contributed by atoms with Crippen LogP contribution in [0.3, 0.4) is 0 Å². The normalized spacial score (nSPS) is 18.0. The number of hydrogen-bond donors (Lipinski definition) is 1. The largest absolute Gasteiger partial charge is 0.314 e. The molecular weight excluding hydrogens is 275 g/mol. The van der Waals surface area contributed by atoms with Crippen LogP contribution in [0.2, 0.25) is 5.02 Å². The summed E-state index contributed by atoms with van der Waals surface area (Å²) >= 11 is 9.59. The van der Waals surface area contributed by atoms with Crippen molar-refractivity contribution >= 4 is 27.5 Å². The first-order valence-electron chi connectivity index (χ1n) is 5.13. The summed E-state index contributed by atoms with van der Waals surface area (Å²) in [4.78, 5) is 2.42. The lowest BCUT2D eigenvalue weighted by molar-refractivity contribution is 0.233. The maximum absolute atomic E-state index is 6.18. The van der Waals surface area contributed by atoms with Crippen molar-refractivity contribution in [2.75, 3.05) is 26.2 Å². The number of halogens is 2. The molecule has 1 heterocycles. The topological polar surface area (TPSA) is 15.3 Å². The predicted molar refractivity (Wildman–Crippen MR) is 67.3 cm³/mol. The Labute approximate surface area is 104 Å². The second-order valence-corrected chi connectivity index (χ2v) is 5.08. The zero-order valence-electron chi connectivity index (χ0n) is 8.47. The van der Waals surface area contributed by atoms with E-state index >= 15 is 0 Å². The van der Waals surface area contributed by atoms with Gasteiger partial charge in [-0.3, -0.25) is 4.90 Å². The van der Waals surface area contributed by atoms with E-state index in [4.69, 9.17) is 11.6 Å². The smallest absolute Gasteiger partial charge is 0.0462 e. The molecule has 0 spiro atoms. The van der Waals surface area contributed by atoms with Crippen molar-refractivity contribution in [3.63, 3.8) is 0 Å². The molecule has 1 aliphatic heterocycles. The summed E-state index contributed by atoms with van der Waals surface area (Å²) in [6.45, 7) is 5.31. The first-order chi connectivity index (χ1) is 7.25. The summed E-state index contributed by atoms with van der Waals surface area (Å²) in [7, 11) is 0. The third kappa shape index (κ3) is 3.18. The molecule has 1 fully saturated rings. The maximum Gasteiger partial charge on any atom is 0.0462 e. The zero-order chi connectivity index (χ0) is 10.7. The quantitative estimate of drug-likeness (QED) is 0.900. The van der Waals surface area contributed by atoms with Gasteiger partial charge in [0.2, 0.25) is 0 Å². The molecule has 0 unspecified atom stereocenters. The van der Waals surface area contributed by atoms with Gasteiger partial charge in [0.25, 0.3) is 0 Å². The average molecular weight is 290 g/mol. The van der Waals surface area contributed by atoms with Crippen molar-refractivity contribution in [3.05, 3.63) is 33.3 Å². The molecule has 0 aromatic heterocycles. The molecule has 1 aromatic carbocycles. The van der Waals surface area contributed by atoms with Gasteiger partial charge in [-0.2, -0.15) is 0 Å². The fraction of sp³-hybridized carbons (Fsp3) is 0.455. The molecule has 1 N–H and O–H groups in total. The minimum atomic E-state index is 0.850. The molecule has 0 amide bonds. The van der Waals surface area contributed by atoms with Crippen LogP contribution < -0.4 is 5.32 Å². The zero-order valence-corrected chi connectivity index (χ0v) is 10.8. The lowest BCUT2D eigenvalue weighted by Crippen LogP contribution is -2.42. The SMILES string of the molecule is Clc1cc(Br)ccc1CN1CCNCC1. The van der Waals surface area contributed by atoms with Gasteiger partial charge in [0.15, 0.2) is 0 Å². The summed E-state index contributed by atoms with van der Waals surface area (Å²) < 4.78 is 1.04. The fourth-order valence-corrected chi connectivity index (χ4v) is 2.49. The summed E-state index contributed by atoms with van der Waals surface area (Å²) in [5, 5.41) is 4.19. The van der Waals surface area contributed by atoms with E-state index in [0.29, 0.717) is 0 Å². The van der Waals surface area contributed by atoms with Gasteiger partial charge in [-0.05, 0) is 17.7 Å². The van der Waals surface area contributed by atoms with Gasteiger partial charge in [0.05, 0.1) is 0 Å². The van der Waals surface area contributed by atoms with Gasteiger partial charge in [0, 0.05) is 42.2 Å². The van der Waals surface area contributed by atoms with Crippen LogP contribution in [0.25, 0.3) is 0 Å². The van der Waals surface area contributed by atoms with E-state index in [-0.39, 0.29) is 0 Å². The van der Waals surface area contributed by atoms with Gasteiger partial charge in [-0.25, -0.2) is 0 Å². The molecule has 1 aromatic rings. The number of benzene rings is 1. The van der Waals surface area contributed by atoms with E-state index in [1.807, 2.05) is 12.1 Å². The molecular formula is C11H14BrClN2. The Balaban J connectivity index is 2.03. The van der Waals surface area contributed by atoms with Crippen molar-refractivity contribution in [1.29, 1.82) is 0 Å². The van der Waals surface area contributed by atoms with Crippen LogP contribution in [0, 0.1) is 0 Å². The Kier molecular flexibility index (Phi) is 4.03. The predicted octanol–water partition coefficient (Wildman–Crippen LogP) is 2.51. The molecule has 1 aliphatic rings. The lowest BCUT2D eigenvalue weighted by Gasteiger charge is -2.27. The van der Waals surface area contributed by atoms with E-state index < -0.39 is 0 Å². The van der Waals surface area contributed by atoms with Gasteiger partial charge < -0.3 is 5.32 Å². The van der Waals surface area contributed by atoms with Crippen LogP contribution in [-0.4, -0.2) is 31.1 Å². The second-order valence-electron chi connectivity index (χ2n) is 3.76. The fourth-order valence-electron chi connectivity index (χ4n) is 1.76. The first kappa shape index (κ1) is 11.4. The molecule has 0 atom stereocenters. The molecule has 0 radical (unpaired) electrons. The summed E-state index contributed by atoms with van der Waals surface area (Å²) in [6, 6.07) is 6.09. The molecule has 0 saturated carbocycles. The van der Waals surface area contributed by atoms with E-state index in [0.717, 1.165) is 42.2 Å². The van der Waals surface area contributed by atoms with Crippen LogP contribution in [0.1, 0.15) is 5.56 Å². The highest BCUT2D eigenvalue weighted by Crippen LogP contribution is 2.22. The molecule has 15 heavy (non-hydrogen) atoms. The average Bonchev–Trinajstić information content (AvgIpc) is 2.24. The van der Waals surface area contributed by atoms with Gasteiger partial charge >= 0.3 is 0 Å². The number of rotatable bonds is 2. The van der Waals surface area contributed by atoms with E-state index in [1.165, 1.54) is 5.56 Å². The van der Waals surface area contributed by atoms with E-state index in [1.54, 1.807) is 0 Å². The summed E-state index contributed by atoms with van der Waals surface area (Å²) in [6.07, 6.45) is 0. The number of piperazine rings is 1. The Hall–Kier alpha value is -0.0900. The first-order valence-corrected chi connectivity index (χ1v) is 6.30. The number of hydrogen-bond acceptors (Lipinski definition) is 2. The van der Waals surface area contributed by atoms with Crippen molar-refractivity contribution in [2.24, 2.45) is 0 Å². The molecule has 0 aliphatic carbocycles. The standard InChI is InChI=1S/C11H14BrClN2/c12-10-2-1-9(11(13)7-10)8-15-5-3-14-4-6-15/h1-2,7,14H,3-6,8H2. The van der Waals surface area contributed by atoms with Crippen LogP contribution in [0.15, 0.2) is 22.7 Å². The van der Waals surface area contributed by atoms with Crippen LogP contribution in [0.4, 0.5) is 0 Å². The minimum Gasteiger partial charge on any atom is -0.314 e. The van der Waals surface area contributed by atoms with Crippen LogP contribution in [-0.2, 0) is 6.54 Å². The van der Waals surface area contributed by atoms with Crippen molar-refractivity contribution < 1.29 is 0 Å². The van der Waals surface area contributed by atoms with Crippen LogP contribution >= 0.6 is 27.5 Å². The number of nitrogens with one attached hydrogen (secondary N) is 1. The molecule has 2 nitrogen and oxygen atoms in total. The molecule has 1 saturated heterocycles. The molecule has 4 heteroatoms. The van der Waals surface area contributed by atoms with Gasteiger partial charge in [-0.15, -0.1) is 0 Å². The van der Waals surface area contributed by atoms with Crippen molar-refractivity contribution in [2.45, 2.75) is 6.54 Å². The number of nitrogens with zero attached hydrogens (tertiary/aromatic N) is 1. The Bertz CT molecular complexity index is 337. The third-order valence-corrected chi connectivity index (χ3v) is 3.46. The van der Waals surface area contributed by atoms with Gasteiger partial charge in [-0.1, -0.05) is 33.6 Å². The highest BCUT2D eigenvalue weighted by Gasteiger charge is 2.11. The Morgan fingerprint density at radius 3 is 2.73 bits per heavy atom. The monoisotopic (exact) mass is 288 g/mol. The third-order valence-electron chi connectivity index (χ3n) is 2.62. The molecule has 82 valence electrons. The summed E-state index contributed by atoms with van der Waals surface area (Å²) in [5.74, 6) is 0. The van der Waals surface area contributed by atoms with Gasteiger partial charge in [0.1, 0.15) is 0 Å². The second kappa shape index (κ2) is 5.30. The lowest BCUT2D eigenvalue weighted by atomic mass is 10.2. The molecule has 2 rings (SSSR count). The van der Waals surface area contributed by atoms with Crippen LogP contribution in [0.5, 0.6) is 0 Å². The highest BCUT2D eigenvalue weighted by molar-refractivity contribution is 9.10. The van der Waals surface area contributed by atoms with E-state index in [2.05, 4.69) is 32.2 Å². The van der Waals surface area contributed by atoms with Crippen molar-refractivity contribution in [1.82, 2.24) is 10.2 Å². The maximum atomic E-state index is 6.18. The van der Waals surface area contributed by atoms with E-state index in [9.17, 15) is 0 Å².